The Kier molecular flexibility index (Phi) is 3.18. The number of anilines is 2. The summed E-state index contributed by atoms with van der Waals surface area (Å²) in [6, 6.07) is -0.106. The van der Waals surface area contributed by atoms with E-state index in [0.717, 1.165) is 32.0 Å². The van der Waals surface area contributed by atoms with Gasteiger partial charge in [0.05, 0.1) is 5.92 Å². The molecule has 1 aromatic rings. The zero-order valence-electron chi connectivity index (χ0n) is 12.0. The Morgan fingerprint density at radius 2 is 1.82 bits per heavy atom. The van der Waals surface area contributed by atoms with Gasteiger partial charge in [0, 0.05) is 44.6 Å². The summed E-state index contributed by atoms with van der Waals surface area (Å²) in [7, 11) is 0. The Hall–Kier alpha value is -1.57. The highest BCUT2D eigenvalue weighted by Gasteiger charge is 2.70. The second-order valence-electron chi connectivity index (χ2n) is 6.27. The molecule has 0 amide bonds. The molecular formula is C14H18F3N5. The lowest BCUT2D eigenvalue weighted by atomic mass is 9.44. The highest BCUT2D eigenvalue weighted by molar-refractivity contribution is 5.62. The first-order valence-corrected chi connectivity index (χ1v) is 7.65. The van der Waals surface area contributed by atoms with E-state index in [1.807, 2.05) is 0 Å². The molecule has 4 fully saturated rings. The van der Waals surface area contributed by atoms with Crippen molar-refractivity contribution in [3.8, 4) is 0 Å². The van der Waals surface area contributed by atoms with Crippen molar-refractivity contribution in [2.45, 2.75) is 18.6 Å². The van der Waals surface area contributed by atoms with Crippen LogP contribution in [0.2, 0.25) is 0 Å². The molecule has 2 unspecified atom stereocenters. The summed E-state index contributed by atoms with van der Waals surface area (Å²) in [5.74, 6) is -0.362. The van der Waals surface area contributed by atoms with Crippen LogP contribution in [0.1, 0.15) is 6.42 Å². The van der Waals surface area contributed by atoms with Crippen LogP contribution in [0, 0.1) is 17.8 Å². The molecule has 2 heterocycles. The molecule has 2 N–H and O–H groups in total. The quantitative estimate of drug-likeness (QED) is 0.886. The molecule has 5 nitrogen and oxygen atoms in total. The Bertz CT molecular complexity index is 548. The molecule has 2 bridgehead atoms. The Labute approximate surface area is 126 Å². The van der Waals surface area contributed by atoms with Gasteiger partial charge in [-0.15, -0.1) is 0 Å². The van der Waals surface area contributed by atoms with Crippen LogP contribution in [0.5, 0.6) is 0 Å². The Morgan fingerprint density at radius 1 is 1.14 bits per heavy atom. The summed E-state index contributed by atoms with van der Waals surface area (Å²) in [5, 5.41) is 6.48. The third-order valence-corrected chi connectivity index (χ3v) is 5.17. The molecule has 5 rings (SSSR count). The lowest BCUT2D eigenvalue weighted by molar-refractivity contribution is -0.289. The predicted molar refractivity (Wildman–Crippen MR) is 75.7 cm³/mol. The zero-order valence-corrected chi connectivity index (χ0v) is 12.0. The van der Waals surface area contributed by atoms with Gasteiger partial charge in [0.2, 0.25) is 0 Å². The first kappa shape index (κ1) is 14.0. The highest BCUT2D eigenvalue weighted by atomic mass is 19.4. The standard InChI is InChI=1S/C14H18F3N5/c15-14(16,17)10-8-7-9(10)11(8)21-12-13(20-2-1-19-12)22-5-3-18-4-6-22/h1-2,8-11,18H,3-7H2,(H,19,21). The van der Waals surface area contributed by atoms with Crippen LogP contribution in [0.3, 0.4) is 0 Å². The summed E-state index contributed by atoms with van der Waals surface area (Å²) in [4.78, 5) is 10.8. The van der Waals surface area contributed by atoms with Crippen LogP contribution in [-0.2, 0) is 0 Å². The van der Waals surface area contributed by atoms with Crippen molar-refractivity contribution in [3.05, 3.63) is 12.4 Å². The number of rotatable bonds is 3. The molecule has 1 aliphatic heterocycles. The van der Waals surface area contributed by atoms with E-state index in [2.05, 4.69) is 25.5 Å². The van der Waals surface area contributed by atoms with Crippen molar-refractivity contribution in [3.63, 3.8) is 0 Å². The fraction of sp³-hybridized carbons (Fsp3) is 0.714. The minimum atomic E-state index is -4.06. The van der Waals surface area contributed by atoms with Crippen LogP contribution in [0.4, 0.5) is 24.8 Å². The maximum atomic E-state index is 12.8. The third kappa shape index (κ3) is 2.12. The van der Waals surface area contributed by atoms with Gasteiger partial charge < -0.3 is 15.5 Å². The van der Waals surface area contributed by atoms with Crippen molar-refractivity contribution in [2.75, 3.05) is 36.4 Å². The first-order chi connectivity index (χ1) is 10.6. The number of piperazine rings is 1. The van der Waals surface area contributed by atoms with E-state index >= 15 is 0 Å². The van der Waals surface area contributed by atoms with Gasteiger partial charge in [-0.25, -0.2) is 9.97 Å². The maximum Gasteiger partial charge on any atom is 0.392 e. The molecule has 1 aromatic heterocycles. The van der Waals surface area contributed by atoms with Crippen LogP contribution in [0.15, 0.2) is 12.4 Å². The van der Waals surface area contributed by atoms with Crippen molar-refractivity contribution >= 4 is 11.6 Å². The van der Waals surface area contributed by atoms with Crippen molar-refractivity contribution < 1.29 is 13.2 Å². The average molecular weight is 313 g/mol. The second kappa shape index (κ2) is 4.97. The number of hydrogen-bond donors (Lipinski definition) is 2. The fourth-order valence-electron chi connectivity index (χ4n) is 3.84. The molecule has 0 radical (unpaired) electrons. The molecular weight excluding hydrogens is 295 g/mol. The minimum absolute atomic E-state index is 0.106. The normalized spacial score (nSPS) is 33.9. The number of alkyl halides is 3. The Morgan fingerprint density at radius 3 is 2.45 bits per heavy atom. The molecule has 2 atom stereocenters. The second-order valence-corrected chi connectivity index (χ2v) is 6.27. The number of halogens is 3. The number of nitrogens with one attached hydrogen (secondary N) is 2. The third-order valence-electron chi connectivity index (χ3n) is 5.17. The number of nitrogens with zero attached hydrogens (tertiary/aromatic N) is 3. The van der Waals surface area contributed by atoms with Gasteiger partial charge >= 0.3 is 6.18 Å². The van der Waals surface area contributed by atoms with E-state index in [1.54, 1.807) is 12.4 Å². The molecule has 0 spiro atoms. The minimum Gasteiger partial charge on any atom is -0.364 e. The maximum absolute atomic E-state index is 12.8. The largest absolute Gasteiger partial charge is 0.392 e. The van der Waals surface area contributed by atoms with Gasteiger partial charge in [-0.05, 0) is 18.3 Å². The molecule has 3 saturated carbocycles. The molecule has 4 aliphatic rings. The van der Waals surface area contributed by atoms with Gasteiger partial charge in [0.15, 0.2) is 11.6 Å². The topological polar surface area (TPSA) is 53.1 Å². The van der Waals surface area contributed by atoms with Gasteiger partial charge in [0.25, 0.3) is 0 Å². The summed E-state index contributed by atoms with van der Waals surface area (Å²) in [6.45, 7) is 3.41. The van der Waals surface area contributed by atoms with E-state index in [4.69, 9.17) is 0 Å². The van der Waals surface area contributed by atoms with Gasteiger partial charge in [-0.3, -0.25) is 0 Å². The van der Waals surface area contributed by atoms with Crippen molar-refractivity contribution in [1.82, 2.24) is 15.3 Å². The van der Waals surface area contributed by atoms with Crippen LogP contribution in [0.25, 0.3) is 0 Å². The van der Waals surface area contributed by atoms with E-state index in [1.165, 1.54) is 0 Å². The fourth-order valence-corrected chi connectivity index (χ4v) is 3.84. The first-order valence-electron chi connectivity index (χ1n) is 7.65. The van der Waals surface area contributed by atoms with E-state index in [0.29, 0.717) is 12.2 Å². The zero-order chi connectivity index (χ0) is 15.3. The van der Waals surface area contributed by atoms with Gasteiger partial charge in [-0.2, -0.15) is 13.2 Å². The van der Waals surface area contributed by atoms with E-state index in [9.17, 15) is 13.2 Å². The lowest BCUT2D eigenvalue weighted by Crippen LogP contribution is -2.70. The lowest BCUT2D eigenvalue weighted by Gasteiger charge is -2.64. The smallest absolute Gasteiger partial charge is 0.364 e. The van der Waals surface area contributed by atoms with E-state index < -0.39 is 12.1 Å². The molecule has 120 valence electrons. The van der Waals surface area contributed by atoms with Crippen LogP contribution in [-0.4, -0.2) is 48.4 Å². The van der Waals surface area contributed by atoms with Crippen molar-refractivity contribution in [1.29, 1.82) is 0 Å². The summed E-state index contributed by atoms with van der Waals surface area (Å²) in [5.41, 5.74) is 0. The monoisotopic (exact) mass is 313 g/mol. The molecule has 8 heteroatoms. The summed E-state index contributed by atoms with van der Waals surface area (Å²) >= 11 is 0. The molecule has 0 aromatic carbocycles. The summed E-state index contributed by atoms with van der Waals surface area (Å²) in [6.07, 6.45) is -0.178. The van der Waals surface area contributed by atoms with Crippen LogP contribution < -0.4 is 15.5 Å². The van der Waals surface area contributed by atoms with Gasteiger partial charge in [-0.1, -0.05) is 0 Å². The van der Waals surface area contributed by atoms with Crippen molar-refractivity contribution in [2.24, 2.45) is 17.8 Å². The average Bonchev–Trinajstić information content (AvgIpc) is 2.42. The molecule has 1 saturated heterocycles. The predicted octanol–water partition coefficient (Wildman–Crippen LogP) is 1.49. The highest BCUT2D eigenvalue weighted by Crippen LogP contribution is 2.64. The number of hydrogen-bond acceptors (Lipinski definition) is 5. The Balaban J connectivity index is 1.46. The van der Waals surface area contributed by atoms with Crippen LogP contribution >= 0.6 is 0 Å². The van der Waals surface area contributed by atoms with Gasteiger partial charge in [0.1, 0.15) is 0 Å². The van der Waals surface area contributed by atoms with E-state index in [-0.39, 0.29) is 17.9 Å². The SMILES string of the molecule is FC(F)(F)C1C2CC1C2Nc1nccnc1N1CCNCC1. The summed E-state index contributed by atoms with van der Waals surface area (Å²) < 4.78 is 38.4. The molecule has 3 aliphatic carbocycles. The molecule has 22 heavy (non-hydrogen) atoms. The number of aromatic nitrogens is 2.